The fraction of sp³-hybridized carbons (Fsp3) is 0.276. The van der Waals surface area contributed by atoms with Gasteiger partial charge < -0.3 is 20.7 Å². The van der Waals surface area contributed by atoms with Crippen molar-refractivity contribution in [1.82, 2.24) is 30.0 Å². The molecule has 10 heteroatoms. The predicted octanol–water partition coefficient (Wildman–Crippen LogP) is 3.67. The van der Waals surface area contributed by atoms with Gasteiger partial charge in [-0.1, -0.05) is 36.9 Å². The number of para-hydroxylation sites is 1. The lowest BCUT2D eigenvalue weighted by Gasteiger charge is -2.32. The molecule has 3 heterocycles. The number of piperidine rings is 1. The lowest BCUT2D eigenvalue weighted by Crippen LogP contribution is -2.40. The number of methoxy groups -OCH3 is 1. The zero-order chi connectivity index (χ0) is 27.5. The smallest absolute Gasteiger partial charge is 0.255 e. The second kappa shape index (κ2) is 10.9. The summed E-state index contributed by atoms with van der Waals surface area (Å²) in [6.45, 7) is 7.04. The number of carbonyl (C=O) groups is 2. The largest absolute Gasteiger partial charge is 0.496 e. The zero-order valence-corrected chi connectivity index (χ0v) is 22.1. The van der Waals surface area contributed by atoms with Crippen LogP contribution in [-0.2, 0) is 11.3 Å². The maximum Gasteiger partial charge on any atom is 0.255 e. The first kappa shape index (κ1) is 25.9. The number of aromatic nitrogens is 4. The SMILES string of the molecule is C=CC(=O)N1CCC[C@@H](n2nc(-c3cccc(CNC(=O)c4cccc(C)c4OC)c3)c3c(N)ncnc32)C1. The lowest BCUT2D eigenvalue weighted by atomic mass is 10.1. The zero-order valence-electron chi connectivity index (χ0n) is 22.1. The highest BCUT2D eigenvalue weighted by Crippen LogP contribution is 2.34. The minimum atomic E-state index is -0.218. The van der Waals surface area contributed by atoms with E-state index in [1.807, 2.05) is 48.0 Å². The first-order valence-electron chi connectivity index (χ1n) is 12.8. The highest BCUT2D eigenvalue weighted by atomic mass is 16.5. The van der Waals surface area contributed by atoms with Gasteiger partial charge in [0.15, 0.2) is 5.65 Å². The summed E-state index contributed by atoms with van der Waals surface area (Å²) >= 11 is 0. The second-order valence-corrected chi connectivity index (χ2v) is 9.57. The Morgan fingerprint density at radius 2 is 2.05 bits per heavy atom. The first-order valence-corrected chi connectivity index (χ1v) is 12.8. The van der Waals surface area contributed by atoms with Crippen LogP contribution in [0.5, 0.6) is 5.75 Å². The minimum absolute atomic E-state index is 0.0556. The van der Waals surface area contributed by atoms with Crippen LogP contribution in [0.15, 0.2) is 61.4 Å². The number of carbonyl (C=O) groups excluding carboxylic acids is 2. The van der Waals surface area contributed by atoms with Gasteiger partial charge in [0.1, 0.15) is 23.6 Å². The van der Waals surface area contributed by atoms with E-state index in [1.165, 1.54) is 12.4 Å². The number of anilines is 1. The Hall–Kier alpha value is -4.73. The van der Waals surface area contributed by atoms with Gasteiger partial charge in [-0.05, 0) is 49.1 Å². The Morgan fingerprint density at radius 1 is 1.23 bits per heavy atom. The average Bonchev–Trinajstić information content (AvgIpc) is 3.36. The molecule has 2 amide bonds. The molecular weight excluding hydrogens is 494 g/mol. The summed E-state index contributed by atoms with van der Waals surface area (Å²) in [5, 5.41) is 8.59. The predicted molar refractivity (Wildman–Crippen MR) is 149 cm³/mol. The number of amides is 2. The van der Waals surface area contributed by atoms with E-state index in [9.17, 15) is 9.59 Å². The number of rotatable bonds is 7. The Balaban J connectivity index is 1.44. The number of nitrogens with zero attached hydrogens (tertiary/aromatic N) is 5. The van der Waals surface area contributed by atoms with E-state index in [0.717, 1.165) is 29.5 Å². The van der Waals surface area contributed by atoms with Gasteiger partial charge in [-0.2, -0.15) is 5.10 Å². The number of nitrogens with two attached hydrogens (primary N) is 1. The van der Waals surface area contributed by atoms with Crippen LogP contribution >= 0.6 is 0 Å². The molecule has 200 valence electrons. The number of likely N-dealkylation sites (tertiary alicyclic amines) is 1. The van der Waals surface area contributed by atoms with Crippen molar-refractivity contribution in [3.05, 3.63) is 78.1 Å². The van der Waals surface area contributed by atoms with Crippen molar-refractivity contribution >= 4 is 28.7 Å². The van der Waals surface area contributed by atoms with Gasteiger partial charge >= 0.3 is 0 Å². The molecule has 2 aromatic carbocycles. The Bertz CT molecular complexity index is 1560. The summed E-state index contributed by atoms with van der Waals surface area (Å²) in [5.41, 5.74) is 10.7. The van der Waals surface area contributed by atoms with Gasteiger partial charge in [0.2, 0.25) is 5.91 Å². The molecule has 4 aromatic rings. The number of hydrogen-bond acceptors (Lipinski definition) is 7. The van der Waals surface area contributed by atoms with Crippen molar-refractivity contribution in [3.8, 4) is 17.0 Å². The fourth-order valence-corrected chi connectivity index (χ4v) is 5.14. The number of benzene rings is 2. The van der Waals surface area contributed by atoms with Crippen LogP contribution in [-0.4, -0.2) is 56.7 Å². The van der Waals surface area contributed by atoms with E-state index in [4.69, 9.17) is 15.6 Å². The Kier molecular flexibility index (Phi) is 7.27. The standard InChI is InChI=1S/C29H31N7O3/c1-4-23(37)35-13-7-11-21(16-35)36-28-24(27(30)32-17-33-28)25(34-36)20-10-6-9-19(14-20)15-31-29(38)22-12-5-8-18(2)26(22)39-3/h4-6,8-10,12,14,17,21H,1,7,11,13,15-16H2,2-3H3,(H,31,38)(H2,30,32,33)/t21-/m1/s1. The average molecular weight is 526 g/mol. The summed E-state index contributed by atoms with van der Waals surface area (Å²) < 4.78 is 7.30. The minimum Gasteiger partial charge on any atom is -0.496 e. The summed E-state index contributed by atoms with van der Waals surface area (Å²) in [5.74, 6) is 0.585. The summed E-state index contributed by atoms with van der Waals surface area (Å²) in [7, 11) is 1.56. The molecule has 0 spiro atoms. The van der Waals surface area contributed by atoms with Crippen LogP contribution in [0.2, 0.25) is 0 Å². The molecule has 1 fully saturated rings. The topological polar surface area (TPSA) is 128 Å². The third-order valence-corrected chi connectivity index (χ3v) is 7.06. The number of hydrogen-bond donors (Lipinski definition) is 2. The maximum atomic E-state index is 12.9. The number of nitrogen functional groups attached to an aromatic ring is 1. The quantitative estimate of drug-likeness (QED) is 0.352. The summed E-state index contributed by atoms with van der Waals surface area (Å²) in [4.78, 5) is 35.7. The molecule has 0 radical (unpaired) electrons. The molecule has 0 unspecified atom stereocenters. The van der Waals surface area contributed by atoms with Gasteiger partial charge in [0.05, 0.1) is 24.1 Å². The van der Waals surface area contributed by atoms with Gasteiger partial charge in [-0.3, -0.25) is 9.59 Å². The number of nitrogens with one attached hydrogen (secondary N) is 1. The fourth-order valence-electron chi connectivity index (χ4n) is 5.14. The molecule has 1 saturated heterocycles. The highest BCUT2D eigenvalue weighted by Gasteiger charge is 2.28. The molecule has 1 aliphatic rings. The number of ether oxygens (including phenoxy) is 1. The van der Waals surface area contributed by atoms with Crippen molar-refractivity contribution < 1.29 is 14.3 Å². The van der Waals surface area contributed by atoms with E-state index in [-0.39, 0.29) is 17.9 Å². The van der Waals surface area contributed by atoms with Crippen molar-refractivity contribution in [2.75, 3.05) is 25.9 Å². The molecule has 39 heavy (non-hydrogen) atoms. The molecule has 1 atom stereocenters. The van der Waals surface area contributed by atoms with Gasteiger partial charge in [-0.15, -0.1) is 0 Å². The molecule has 1 aliphatic heterocycles. The van der Waals surface area contributed by atoms with E-state index in [1.54, 1.807) is 18.1 Å². The third kappa shape index (κ3) is 5.05. The second-order valence-electron chi connectivity index (χ2n) is 9.57. The van der Waals surface area contributed by atoms with Crippen LogP contribution < -0.4 is 15.8 Å². The molecule has 5 rings (SSSR count). The molecule has 0 aliphatic carbocycles. The van der Waals surface area contributed by atoms with Crippen LogP contribution in [0, 0.1) is 6.92 Å². The van der Waals surface area contributed by atoms with E-state index >= 15 is 0 Å². The summed E-state index contributed by atoms with van der Waals surface area (Å²) in [6, 6.07) is 13.2. The Labute approximate surface area is 226 Å². The summed E-state index contributed by atoms with van der Waals surface area (Å²) in [6.07, 6.45) is 4.48. The molecular formula is C29H31N7O3. The third-order valence-electron chi connectivity index (χ3n) is 7.06. The molecule has 0 bridgehead atoms. The molecule has 3 N–H and O–H groups in total. The monoisotopic (exact) mass is 525 g/mol. The maximum absolute atomic E-state index is 12.9. The highest BCUT2D eigenvalue weighted by molar-refractivity contribution is 5.99. The van der Waals surface area contributed by atoms with Crippen LogP contribution in [0.25, 0.3) is 22.3 Å². The lowest BCUT2D eigenvalue weighted by molar-refractivity contribution is -0.127. The van der Waals surface area contributed by atoms with Crippen LogP contribution in [0.4, 0.5) is 5.82 Å². The van der Waals surface area contributed by atoms with Gasteiger partial charge in [0, 0.05) is 25.2 Å². The van der Waals surface area contributed by atoms with E-state index < -0.39 is 0 Å². The van der Waals surface area contributed by atoms with Crippen LogP contribution in [0.1, 0.15) is 40.4 Å². The van der Waals surface area contributed by atoms with E-state index in [2.05, 4.69) is 21.9 Å². The number of aryl methyl sites for hydroxylation is 1. The van der Waals surface area contributed by atoms with E-state index in [0.29, 0.717) is 53.5 Å². The van der Waals surface area contributed by atoms with Crippen molar-refractivity contribution in [2.24, 2.45) is 0 Å². The molecule has 0 saturated carbocycles. The number of fused-ring (bicyclic) bond motifs is 1. The van der Waals surface area contributed by atoms with Crippen LogP contribution in [0.3, 0.4) is 0 Å². The molecule has 10 nitrogen and oxygen atoms in total. The van der Waals surface area contributed by atoms with Crippen molar-refractivity contribution in [2.45, 2.75) is 32.4 Å². The first-order chi connectivity index (χ1) is 18.9. The van der Waals surface area contributed by atoms with Gasteiger partial charge in [-0.25, -0.2) is 14.6 Å². The molecule has 2 aromatic heterocycles. The normalized spacial score (nSPS) is 15.2. The van der Waals surface area contributed by atoms with Gasteiger partial charge in [0.25, 0.3) is 5.91 Å². The van der Waals surface area contributed by atoms with Crippen molar-refractivity contribution in [3.63, 3.8) is 0 Å². The Morgan fingerprint density at radius 3 is 2.85 bits per heavy atom. The van der Waals surface area contributed by atoms with Crippen molar-refractivity contribution in [1.29, 1.82) is 0 Å².